The lowest BCUT2D eigenvalue weighted by atomic mass is 10.2. The molecule has 16 heavy (non-hydrogen) atoms. The molecule has 0 aliphatic carbocycles. The summed E-state index contributed by atoms with van der Waals surface area (Å²) in [5.74, 6) is 0. The molecule has 0 bridgehead atoms. The Morgan fingerprint density at radius 3 is 2.88 bits per heavy atom. The van der Waals surface area contributed by atoms with Gasteiger partial charge in [0, 0.05) is 12.4 Å². The Kier molecular flexibility index (Phi) is 2.34. The van der Waals surface area contributed by atoms with Crippen molar-refractivity contribution in [3.63, 3.8) is 0 Å². The molecule has 82 valence electrons. The maximum absolute atomic E-state index is 5.16. The summed E-state index contributed by atoms with van der Waals surface area (Å²) >= 11 is 0. The number of benzene rings is 1. The number of imidazole rings is 1. The van der Waals surface area contributed by atoms with Gasteiger partial charge in [-0.2, -0.15) is 0 Å². The monoisotopic (exact) mass is 215 g/mol. The van der Waals surface area contributed by atoms with E-state index in [1.807, 2.05) is 22.9 Å². The normalized spacial score (nSPS) is 15.8. The zero-order chi connectivity index (χ0) is 10.8. The average Bonchev–Trinajstić information content (AvgIpc) is 2.77. The topological polar surface area (TPSA) is 39.1 Å². The Morgan fingerprint density at radius 1 is 1.31 bits per heavy atom. The third-order valence-electron chi connectivity index (χ3n) is 2.68. The first-order valence-electron chi connectivity index (χ1n) is 5.35. The van der Waals surface area contributed by atoms with E-state index < -0.39 is 0 Å². The molecule has 1 aliphatic rings. The summed E-state index contributed by atoms with van der Waals surface area (Å²) in [6, 6.07) is 8.64. The first-order valence-corrected chi connectivity index (χ1v) is 5.35. The van der Waals surface area contributed by atoms with Gasteiger partial charge in [-0.3, -0.25) is 0 Å². The smallest absolute Gasteiger partial charge is 0.0992 e. The van der Waals surface area contributed by atoms with E-state index in [9.17, 15) is 0 Å². The van der Waals surface area contributed by atoms with Crippen molar-refractivity contribution in [2.75, 3.05) is 18.5 Å². The van der Waals surface area contributed by atoms with E-state index >= 15 is 0 Å². The number of hydrogen-bond acceptors (Lipinski definition) is 3. The molecule has 4 heteroatoms. The van der Waals surface area contributed by atoms with E-state index in [2.05, 4.69) is 22.4 Å². The fourth-order valence-corrected chi connectivity index (χ4v) is 1.76. The Morgan fingerprint density at radius 2 is 2.19 bits per heavy atom. The number of para-hydroxylation sites is 2. The number of ether oxygens (including phenoxy) is 1. The number of rotatable bonds is 3. The molecule has 0 radical (unpaired) electrons. The van der Waals surface area contributed by atoms with Crippen molar-refractivity contribution in [2.24, 2.45) is 0 Å². The third-order valence-corrected chi connectivity index (χ3v) is 2.68. The van der Waals surface area contributed by atoms with E-state index in [1.54, 1.807) is 12.5 Å². The molecule has 0 atom stereocenters. The molecule has 0 saturated carbocycles. The van der Waals surface area contributed by atoms with Gasteiger partial charge in [-0.05, 0) is 12.1 Å². The molecule has 0 unspecified atom stereocenters. The predicted octanol–water partition coefficient (Wildman–Crippen LogP) is 1.68. The van der Waals surface area contributed by atoms with Crippen LogP contribution in [0.2, 0.25) is 0 Å². The van der Waals surface area contributed by atoms with E-state index in [-0.39, 0.29) is 0 Å². The molecule has 2 heterocycles. The van der Waals surface area contributed by atoms with Crippen LogP contribution >= 0.6 is 0 Å². The Labute approximate surface area is 93.9 Å². The summed E-state index contributed by atoms with van der Waals surface area (Å²) in [5.41, 5.74) is 2.24. The summed E-state index contributed by atoms with van der Waals surface area (Å²) in [6.07, 6.45) is 5.53. The second-order valence-corrected chi connectivity index (χ2v) is 3.87. The Balaban J connectivity index is 1.91. The van der Waals surface area contributed by atoms with Crippen LogP contribution < -0.4 is 5.32 Å². The van der Waals surface area contributed by atoms with Crippen molar-refractivity contribution >= 4 is 5.69 Å². The summed E-state index contributed by atoms with van der Waals surface area (Å²) in [5, 5.41) is 3.46. The lowest BCUT2D eigenvalue weighted by Gasteiger charge is -2.28. The molecular formula is C12H13N3O. The van der Waals surface area contributed by atoms with Crippen LogP contribution in [0.3, 0.4) is 0 Å². The summed E-state index contributed by atoms with van der Waals surface area (Å²) < 4.78 is 7.16. The molecule has 1 saturated heterocycles. The fraction of sp³-hybridized carbons (Fsp3) is 0.250. The zero-order valence-electron chi connectivity index (χ0n) is 8.84. The van der Waals surface area contributed by atoms with Crippen LogP contribution in [0.5, 0.6) is 0 Å². The number of nitrogens with zero attached hydrogens (tertiary/aromatic N) is 2. The highest BCUT2D eigenvalue weighted by Crippen LogP contribution is 2.21. The summed E-state index contributed by atoms with van der Waals surface area (Å²) in [6.45, 7) is 1.58. The van der Waals surface area contributed by atoms with Crippen LogP contribution in [0.4, 0.5) is 5.69 Å². The maximum atomic E-state index is 5.16. The minimum atomic E-state index is 0.435. The first kappa shape index (κ1) is 9.42. The molecule has 0 amide bonds. The lowest BCUT2D eigenvalue weighted by Crippen LogP contribution is -2.40. The quantitative estimate of drug-likeness (QED) is 0.846. The van der Waals surface area contributed by atoms with Gasteiger partial charge in [-0.1, -0.05) is 12.1 Å². The molecule has 3 rings (SSSR count). The highest BCUT2D eigenvalue weighted by molar-refractivity contribution is 5.61. The second-order valence-electron chi connectivity index (χ2n) is 3.87. The van der Waals surface area contributed by atoms with Gasteiger partial charge in [0.05, 0.1) is 37.0 Å². The van der Waals surface area contributed by atoms with Gasteiger partial charge < -0.3 is 14.6 Å². The highest BCUT2D eigenvalue weighted by Gasteiger charge is 2.18. The molecule has 1 N–H and O–H groups in total. The lowest BCUT2D eigenvalue weighted by molar-refractivity contribution is 0.0211. The molecule has 1 fully saturated rings. The SMILES string of the molecule is c1ccc(-n2ccnc2)c(NC2COC2)c1. The summed E-state index contributed by atoms with van der Waals surface area (Å²) in [7, 11) is 0. The Hall–Kier alpha value is -1.81. The van der Waals surface area contributed by atoms with Gasteiger partial charge in [0.1, 0.15) is 0 Å². The molecule has 2 aromatic rings. The van der Waals surface area contributed by atoms with Crippen LogP contribution in [0.1, 0.15) is 0 Å². The molecule has 0 spiro atoms. The van der Waals surface area contributed by atoms with E-state index in [4.69, 9.17) is 4.74 Å². The van der Waals surface area contributed by atoms with Crippen molar-refractivity contribution in [3.8, 4) is 5.69 Å². The zero-order valence-corrected chi connectivity index (χ0v) is 8.84. The summed E-state index contributed by atoms with van der Waals surface area (Å²) in [4.78, 5) is 4.06. The van der Waals surface area contributed by atoms with Crippen LogP contribution in [0.15, 0.2) is 43.0 Å². The van der Waals surface area contributed by atoms with Crippen LogP contribution in [-0.4, -0.2) is 28.8 Å². The first-order chi connectivity index (χ1) is 7.93. The van der Waals surface area contributed by atoms with E-state index in [0.29, 0.717) is 6.04 Å². The van der Waals surface area contributed by atoms with E-state index in [0.717, 1.165) is 24.6 Å². The number of aromatic nitrogens is 2. The molecule has 1 aromatic heterocycles. The molecule has 1 aliphatic heterocycles. The molecular weight excluding hydrogens is 202 g/mol. The van der Waals surface area contributed by atoms with Crippen LogP contribution in [-0.2, 0) is 4.74 Å². The van der Waals surface area contributed by atoms with E-state index in [1.165, 1.54) is 0 Å². The van der Waals surface area contributed by atoms with Gasteiger partial charge in [0.25, 0.3) is 0 Å². The molecule has 1 aromatic carbocycles. The predicted molar refractivity (Wildman–Crippen MR) is 61.8 cm³/mol. The largest absolute Gasteiger partial charge is 0.377 e. The van der Waals surface area contributed by atoms with Gasteiger partial charge in [0.15, 0.2) is 0 Å². The van der Waals surface area contributed by atoms with Crippen molar-refractivity contribution in [1.82, 2.24) is 9.55 Å². The Bertz CT molecular complexity index is 463. The second kappa shape index (κ2) is 3.98. The maximum Gasteiger partial charge on any atom is 0.0992 e. The van der Waals surface area contributed by atoms with Gasteiger partial charge in [-0.25, -0.2) is 4.98 Å². The minimum absolute atomic E-state index is 0.435. The van der Waals surface area contributed by atoms with Crippen molar-refractivity contribution in [1.29, 1.82) is 0 Å². The fourth-order valence-electron chi connectivity index (χ4n) is 1.76. The number of hydrogen-bond donors (Lipinski definition) is 1. The van der Waals surface area contributed by atoms with Crippen LogP contribution in [0.25, 0.3) is 5.69 Å². The molecule has 4 nitrogen and oxygen atoms in total. The third kappa shape index (κ3) is 1.67. The van der Waals surface area contributed by atoms with Gasteiger partial charge in [-0.15, -0.1) is 0 Å². The highest BCUT2D eigenvalue weighted by atomic mass is 16.5. The van der Waals surface area contributed by atoms with Crippen molar-refractivity contribution in [2.45, 2.75) is 6.04 Å². The standard InChI is InChI=1S/C12H13N3O/c1-2-4-12(15-6-5-13-9-15)11(3-1)14-10-7-16-8-10/h1-6,9-10,14H,7-8H2. The number of anilines is 1. The average molecular weight is 215 g/mol. The van der Waals surface area contributed by atoms with Crippen molar-refractivity contribution < 1.29 is 4.74 Å². The van der Waals surface area contributed by atoms with Gasteiger partial charge in [0.2, 0.25) is 0 Å². The van der Waals surface area contributed by atoms with Crippen molar-refractivity contribution in [3.05, 3.63) is 43.0 Å². The minimum Gasteiger partial charge on any atom is -0.377 e. The van der Waals surface area contributed by atoms with Crippen LogP contribution in [0, 0.1) is 0 Å². The van der Waals surface area contributed by atoms with Gasteiger partial charge >= 0.3 is 0 Å². The number of nitrogens with one attached hydrogen (secondary N) is 1.